The van der Waals surface area contributed by atoms with E-state index in [0.29, 0.717) is 6.42 Å². The van der Waals surface area contributed by atoms with Gasteiger partial charge in [-0.3, -0.25) is 24.0 Å². The fourth-order valence-electron chi connectivity index (χ4n) is 5.78. The molecule has 13 heteroatoms. The second-order valence-electron chi connectivity index (χ2n) is 14.0. The lowest BCUT2D eigenvalue weighted by molar-refractivity contribution is -0.167. The summed E-state index contributed by atoms with van der Waals surface area (Å²) in [5.41, 5.74) is 0.844. The minimum Gasteiger partial charge on any atom is -0.468 e. The van der Waals surface area contributed by atoms with Crippen LogP contribution in [0.4, 0.5) is 4.79 Å². The quantitative estimate of drug-likeness (QED) is 0.163. The van der Waals surface area contributed by atoms with Gasteiger partial charge in [-0.15, -0.1) is 0 Å². The van der Waals surface area contributed by atoms with Gasteiger partial charge in [-0.2, -0.15) is 0 Å². The molecule has 0 spiro atoms. The molecule has 2 aromatic rings. The number of hydrogen-bond donors (Lipinski definition) is 4. The smallest absolute Gasteiger partial charge is 0.408 e. The van der Waals surface area contributed by atoms with Gasteiger partial charge in [0.1, 0.15) is 30.3 Å². The van der Waals surface area contributed by atoms with Crippen molar-refractivity contribution in [2.24, 2.45) is 11.8 Å². The third kappa shape index (κ3) is 11.3. The second kappa shape index (κ2) is 17.6. The molecular formula is C37H51N5O8. The molecule has 1 aliphatic rings. The van der Waals surface area contributed by atoms with Crippen LogP contribution in [0.25, 0.3) is 0 Å². The molecule has 0 aliphatic carbocycles. The number of amides is 5. The van der Waals surface area contributed by atoms with Crippen LogP contribution in [0.5, 0.6) is 0 Å². The van der Waals surface area contributed by atoms with Gasteiger partial charge in [-0.25, -0.2) is 4.79 Å². The maximum Gasteiger partial charge on any atom is 0.408 e. The monoisotopic (exact) mass is 693 g/mol. The first-order valence-electron chi connectivity index (χ1n) is 16.9. The molecule has 50 heavy (non-hydrogen) atoms. The first-order valence-corrected chi connectivity index (χ1v) is 16.9. The number of hydrogen-bond acceptors (Lipinski definition) is 8. The molecule has 0 bridgehead atoms. The van der Waals surface area contributed by atoms with Crippen LogP contribution < -0.4 is 21.3 Å². The molecule has 0 aromatic heterocycles. The number of likely N-dealkylation sites (tertiary alicyclic amines) is 1. The second-order valence-corrected chi connectivity index (χ2v) is 14.0. The minimum absolute atomic E-state index is 0.0906. The summed E-state index contributed by atoms with van der Waals surface area (Å²) in [5, 5.41) is 10.9. The van der Waals surface area contributed by atoms with Crippen LogP contribution in [0.1, 0.15) is 72.1 Å². The highest BCUT2D eigenvalue weighted by Crippen LogP contribution is 2.43. The van der Waals surface area contributed by atoms with E-state index in [4.69, 9.17) is 9.47 Å². The molecule has 1 heterocycles. The fourth-order valence-corrected chi connectivity index (χ4v) is 5.78. The molecule has 1 fully saturated rings. The Labute approximate surface area is 294 Å². The Morgan fingerprint density at radius 2 is 1.34 bits per heavy atom. The lowest BCUT2D eigenvalue weighted by atomic mass is 9.75. The number of esters is 1. The van der Waals surface area contributed by atoms with E-state index in [1.165, 1.54) is 25.9 Å². The average molecular weight is 694 g/mol. The molecule has 0 unspecified atom stereocenters. The molecule has 1 saturated heterocycles. The van der Waals surface area contributed by atoms with Crippen molar-refractivity contribution in [3.63, 3.8) is 0 Å². The number of ether oxygens (including phenoxy) is 2. The van der Waals surface area contributed by atoms with Crippen molar-refractivity contribution >= 4 is 35.7 Å². The van der Waals surface area contributed by atoms with E-state index >= 15 is 0 Å². The Balaban J connectivity index is 1.81. The molecule has 5 amide bonds. The number of methoxy groups -OCH3 is 1. The number of benzene rings is 2. The van der Waals surface area contributed by atoms with Crippen molar-refractivity contribution in [3.05, 3.63) is 71.8 Å². The van der Waals surface area contributed by atoms with Crippen molar-refractivity contribution in [2.75, 3.05) is 13.7 Å². The summed E-state index contributed by atoms with van der Waals surface area (Å²) in [6.07, 6.45) is -0.182. The van der Waals surface area contributed by atoms with Crippen LogP contribution in [0.2, 0.25) is 0 Å². The Morgan fingerprint density at radius 1 is 0.780 bits per heavy atom. The van der Waals surface area contributed by atoms with Gasteiger partial charge >= 0.3 is 12.1 Å². The number of alkyl carbamates (subject to hydrolysis) is 1. The van der Waals surface area contributed by atoms with E-state index < -0.39 is 71.5 Å². The summed E-state index contributed by atoms with van der Waals surface area (Å²) in [6.45, 7) is 11.8. The van der Waals surface area contributed by atoms with E-state index in [0.717, 1.165) is 11.1 Å². The van der Waals surface area contributed by atoms with Crippen LogP contribution in [-0.4, -0.2) is 84.0 Å². The summed E-state index contributed by atoms with van der Waals surface area (Å²) >= 11 is 0. The van der Waals surface area contributed by atoms with Crippen LogP contribution in [0.3, 0.4) is 0 Å². The van der Waals surface area contributed by atoms with Gasteiger partial charge in [0, 0.05) is 12.5 Å². The molecule has 0 radical (unpaired) electrons. The largest absolute Gasteiger partial charge is 0.468 e. The molecule has 0 saturated carbocycles. The Kier molecular flexibility index (Phi) is 13.9. The van der Waals surface area contributed by atoms with E-state index in [1.54, 1.807) is 20.8 Å². The van der Waals surface area contributed by atoms with Crippen molar-refractivity contribution in [1.82, 2.24) is 26.2 Å². The predicted octanol–water partition coefficient (Wildman–Crippen LogP) is 3.04. The maximum absolute atomic E-state index is 14.1. The lowest BCUT2D eigenvalue weighted by Gasteiger charge is -2.50. The number of nitrogens with one attached hydrogen (secondary N) is 4. The number of rotatable bonds is 15. The number of carbonyl (C=O) groups is 6. The van der Waals surface area contributed by atoms with Gasteiger partial charge in [0.15, 0.2) is 0 Å². The highest BCUT2D eigenvalue weighted by atomic mass is 16.6. The van der Waals surface area contributed by atoms with Gasteiger partial charge in [-0.05, 0) is 58.1 Å². The predicted molar refractivity (Wildman–Crippen MR) is 186 cm³/mol. The zero-order valence-electron chi connectivity index (χ0n) is 30.1. The molecule has 2 aromatic carbocycles. The molecule has 4 N–H and O–H groups in total. The fraction of sp³-hybridized carbons (Fsp3) is 0.514. The van der Waals surface area contributed by atoms with Crippen LogP contribution in [-0.2, 0) is 39.9 Å². The van der Waals surface area contributed by atoms with Gasteiger partial charge in [-0.1, -0.05) is 74.5 Å². The van der Waals surface area contributed by atoms with Gasteiger partial charge in [0.2, 0.25) is 23.6 Å². The van der Waals surface area contributed by atoms with Gasteiger partial charge in [0.05, 0.1) is 19.1 Å². The summed E-state index contributed by atoms with van der Waals surface area (Å²) in [6, 6.07) is 14.2. The van der Waals surface area contributed by atoms with Crippen molar-refractivity contribution in [3.8, 4) is 0 Å². The Morgan fingerprint density at radius 3 is 1.90 bits per heavy atom. The first-order chi connectivity index (χ1) is 23.5. The number of nitrogens with zero attached hydrogens (tertiary/aromatic N) is 1. The normalized spacial score (nSPS) is 18.1. The van der Waals surface area contributed by atoms with E-state index in [-0.39, 0.29) is 24.8 Å². The maximum atomic E-state index is 14.1. The summed E-state index contributed by atoms with van der Waals surface area (Å²) in [5.74, 6) is -3.16. The SMILES string of the molecule is COC(=O)CN1C(=O)[C@@H]([C@H](CC(C)C)NC(=O)[C@H](Cc2ccccc2)NC(=O)[C@H](C)NC(=O)[C@H](C)NC(=O)OC(C)(C)C)[C@@H]1c1ccccc1. The Hall–Kier alpha value is -4.94. The molecule has 13 nitrogen and oxygen atoms in total. The molecule has 272 valence electrons. The third-order valence-corrected chi connectivity index (χ3v) is 8.19. The van der Waals surface area contributed by atoms with E-state index in [9.17, 15) is 28.8 Å². The van der Waals surface area contributed by atoms with Gasteiger partial charge in [0.25, 0.3) is 0 Å². The molecular weight excluding hydrogens is 642 g/mol. The number of β-lactam (4-membered cyclic amide) rings is 1. The summed E-state index contributed by atoms with van der Waals surface area (Å²) < 4.78 is 10.0. The minimum atomic E-state index is -1.06. The standard InChI is InChI=1S/C37H51N5O8/c1-22(2)19-27(30-31(26-17-13-10-14-18-26)42(35(30)47)21-29(43)49-8)40-34(46)28(20-25-15-11-9-12-16-25)41-33(45)23(3)38-32(44)24(4)39-36(48)50-37(5,6)7/h9-18,22-24,27-28,30-31H,19-21H2,1-8H3,(H,38,44)(H,39,48)(H,40,46)(H,41,45)/t23-,24-,27-,28-,30-,31-/m0/s1. The lowest BCUT2D eigenvalue weighted by Crippen LogP contribution is -2.65. The molecule has 6 atom stereocenters. The molecule has 3 rings (SSSR count). The van der Waals surface area contributed by atoms with Crippen molar-refractivity contribution in [1.29, 1.82) is 0 Å². The van der Waals surface area contributed by atoms with Gasteiger partial charge < -0.3 is 35.6 Å². The van der Waals surface area contributed by atoms with E-state index in [1.807, 2.05) is 74.5 Å². The van der Waals surface area contributed by atoms with Crippen molar-refractivity contribution in [2.45, 2.75) is 97.1 Å². The van der Waals surface area contributed by atoms with Crippen LogP contribution in [0, 0.1) is 11.8 Å². The van der Waals surface area contributed by atoms with Crippen LogP contribution in [0.15, 0.2) is 60.7 Å². The highest BCUT2D eigenvalue weighted by Gasteiger charge is 2.53. The van der Waals surface area contributed by atoms with E-state index in [2.05, 4.69) is 21.3 Å². The first kappa shape index (κ1) is 39.5. The summed E-state index contributed by atoms with van der Waals surface area (Å²) in [7, 11) is 1.26. The Bertz CT molecular complexity index is 1490. The highest BCUT2D eigenvalue weighted by molar-refractivity contribution is 5.95. The summed E-state index contributed by atoms with van der Waals surface area (Å²) in [4.78, 5) is 79.8. The van der Waals surface area contributed by atoms with Crippen LogP contribution >= 0.6 is 0 Å². The molecule has 1 aliphatic heterocycles. The van der Waals surface area contributed by atoms with Crippen molar-refractivity contribution < 1.29 is 38.2 Å². The average Bonchev–Trinajstić information content (AvgIpc) is 3.04. The zero-order valence-corrected chi connectivity index (χ0v) is 30.1. The zero-order chi connectivity index (χ0) is 37.2. The topological polar surface area (TPSA) is 172 Å². The third-order valence-electron chi connectivity index (χ3n) is 8.19. The number of carbonyl (C=O) groups excluding carboxylic acids is 6.